The van der Waals surface area contributed by atoms with Crippen LogP contribution in [0.4, 0.5) is 17.3 Å². The monoisotopic (exact) mass is 388 g/mol. The second kappa shape index (κ2) is 7.48. The molecule has 0 aliphatic heterocycles. The molecule has 3 rings (SSSR count). The van der Waals surface area contributed by atoms with Crippen LogP contribution in [0.5, 0.6) is 5.75 Å². The maximum atomic E-state index is 12.3. The van der Waals surface area contributed by atoms with E-state index in [9.17, 15) is 25.0 Å². The van der Waals surface area contributed by atoms with Crippen LogP contribution in [0.1, 0.15) is 10.5 Å². The lowest BCUT2D eigenvalue weighted by molar-refractivity contribution is -0.394. The number of hydrogen-bond donors (Lipinski definition) is 1. The lowest BCUT2D eigenvalue weighted by Gasteiger charge is -2.06. The number of hydrogen-bond acceptors (Lipinski definition) is 9. The Balaban J connectivity index is 1.72. The summed E-state index contributed by atoms with van der Waals surface area (Å²) in [5.74, 6) is -0.946. The lowest BCUT2D eigenvalue weighted by atomic mass is 10.2. The van der Waals surface area contributed by atoms with Crippen molar-refractivity contribution in [3.8, 4) is 5.75 Å². The zero-order valence-corrected chi connectivity index (χ0v) is 14.3. The molecular weight excluding hydrogens is 376 g/mol. The number of nitrogens with one attached hydrogen (secondary N) is 1. The Morgan fingerprint density at radius 2 is 1.96 bits per heavy atom. The summed E-state index contributed by atoms with van der Waals surface area (Å²) in [4.78, 5) is 36.1. The molecular formula is C14H12N8O6. The molecule has 0 aliphatic rings. The van der Waals surface area contributed by atoms with Gasteiger partial charge in [-0.2, -0.15) is 9.78 Å². The predicted molar refractivity (Wildman–Crippen MR) is 91.9 cm³/mol. The van der Waals surface area contributed by atoms with Crippen molar-refractivity contribution < 1.29 is 19.4 Å². The smallest absolute Gasteiger partial charge is 0.491 e. The van der Waals surface area contributed by atoms with Crippen LogP contribution in [-0.4, -0.2) is 47.4 Å². The third-order valence-electron chi connectivity index (χ3n) is 3.45. The lowest BCUT2D eigenvalue weighted by Crippen LogP contribution is -2.15. The molecule has 0 saturated carbocycles. The fraction of sp³-hybridized carbons (Fsp3) is 0.143. The van der Waals surface area contributed by atoms with Crippen molar-refractivity contribution >= 4 is 23.2 Å². The first kappa shape index (κ1) is 18.4. The highest BCUT2D eigenvalue weighted by atomic mass is 16.6. The van der Waals surface area contributed by atoms with Gasteiger partial charge in [0, 0.05) is 23.4 Å². The summed E-state index contributed by atoms with van der Waals surface area (Å²) in [7, 11) is 1.35. The van der Waals surface area contributed by atoms with E-state index in [0.717, 1.165) is 6.33 Å². The summed E-state index contributed by atoms with van der Waals surface area (Å²) < 4.78 is 7.48. The van der Waals surface area contributed by atoms with Crippen molar-refractivity contribution in [2.45, 2.75) is 6.67 Å². The highest BCUT2D eigenvalue weighted by Crippen LogP contribution is 2.26. The van der Waals surface area contributed by atoms with Gasteiger partial charge < -0.3 is 20.2 Å². The number of rotatable bonds is 7. The van der Waals surface area contributed by atoms with Crippen LogP contribution >= 0.6 is 0 Å². The Morgan fingerprint density at radius 1 is 1.18 bits per heavy atom. The molecule has 0 unspecified atom stereocenters. The fourth-order valence-corrected chi connectivity index (χ4v) is 2.22. The van der Waals surface area contributed by atoms with E-state index in [1.54, 1.807) is 0 Å². The average molecular weight is 388 g/mol. The zero-order valence-electron chi connectivity index (χ0n) is 14.3. The second-order valence-corrected chi connectivity index (χ2v) is 5.35. The Bertz CT molecular complexity index is 1060. The molecule has 0 radical (unpaired) electrons. The van der Waals surface area contributed by atoms with Crippen LogP contribution in [0.3, 0.4) is 0 Å². The first-order valence-corrected chi connectivity index (χ1v) is 7.58. The number of nitro benzene ring substituents is 1. The standard InChI is InChI=1S/C14H12N8O6/c1-28-11-5-9(4-10(6-11)21(24)25)16-13(23)12-2-3-19(17-12)8-20-7-15-14(18-20)22(26)27/h2-7H,8H2,1H3,(H,16,23). The molecule has 0 fully saturated rings. The fourth-order valence-electron chi connectivity index (χ4n) is 2.22. The molecule has 1 N–H and O–H groups in total. The number of ether oxygens (including phenoxy) is 1. The van der Waals surface area contributed by atoms with E-state index in [4.69, 9.17) is 4.74 Å². The molecule has 2 aromatic heterocycles. The van der Waals surface area contributed by atoms with E-state index >= 15 is 0 Å². The van der Waals surface area contributed by atoms with Gasteiger partial charge in [0.25, 0.3) is 11.6 Å². The Labute approximate surface area is 155 Å². The minimum Gasteiger partial charge on any atom is -0.496 e. The van der Waals surface area contributed by atoms with Gasteiger partial charge in [0.2, 0.25) is 6.33 Å². The molecule has 144 valence electrons. The molecule has 0 aliphatic carbocycles. The number of anilines is 1. The first-order valence-electron chi connectivity index (χ1n) is 7.58. The van der Waals surface area contributed by atoms with Crippen LogP contribution < -0.4 is 10.1 Å². The SMILES string of the molecule is COc1cc(NC(=O)c2ccn(Cn3cnc([N+](=O)[O-])n3)n2)cc([N+](=O)[O-])c1. The quantitative estimate of drug-likeness (QED) is 0.458. The molecule has 2 heterocycles. The topological polar surface area (TPSA) is 173 Å². The number of nitrogens with zero attached hydrogens (tertiary/aromatic N) is 7. The van der Waals surface area contributed by atoms with Crippen molar-refractivity contribution in [2.75, 3.05) is 12.4 Å². The molecule has 28 heavy (non-hydrogen) atoms. The first-order chi connectivity index (χ1) is 13.4. The number of benzene rings is 1. The van der Waals surface area contributed by atoms with Gasteiger partial charge in [0.05, 0.1) is 23.8 Å². The summed E-state index contributed by atoms with van der Waals surface area (Å²) in [5.41, 5.74) is -0.0504. The highest BCUT2D eigenvalue weighted by molar-refractivity contribution is 6.03. The van der Waals surface area contributed by atoms with E-state index in [2.05, 4.69) is 20.5 Å². The van der Waals surface area contributed by atoms with Crippen LogP contribution in [0.25, 0.3) is 0 Å². The zero-order chi connectivity index (χ0) is 20.3. The molecule has 14 nitrogen and oxygen atoms in total. The number of nitro groups is 2. The van der Waals surface area contributed by atoms with Gasteiger partial charge in [0.1, 0.15) is 5.75 Å². The maximum Gasteiger partial charge on any atom is 0.491 e. The van der Waals surface area contributed by atoms with Crippen molar-refractivity contribution in [3.05, 3.63) is 62.7 Å². The van der Waals surface area contributed by atoms with Crippen LogP contribution in [0, 0.1) is 20.2 Å². The normalized spacial score (nSPS) is 10.5. The van der Waals surface area contributed by atoms with Crippen molar-refractivity contribution in [2.24, 2.45) is 0 Å². The van der Waals surface area contributed by atoms with Crippen molar-refractivity contribution in [3.63, 3.8) is 0 Å². The number of carbonyl (C=O) groups excluding carboxylic acids is 1. The molecule has 3 aromatic rings. The molecule has 0 spiro atoms. The Morgan fingerprint density at radius 3 is 2.61 bits per heavy atom. The van der Waals surface area contributed by atoms with Crippen molar-refractivity contribution in [1.82, 2.24) is 24.5 Å². The molecule has 1 amide bonds. The predicted octanol–water partition coefficient (Wildman–Crippen LogP) is 1.06. The molecule has 0 saturated heterocycles. The second-order valence-electron chi connectivity index (χ2n) is 5.35. The number of aromatic nitrogens is 5. The van der Waals surface area contributed by atoms with Crippen LogP contribution in [0.2, 0.25) is 0 Å². The van der Waals surface area contributed by atoms with Gasteiger partial charge >= 0.3 is 5.95 Å². The van der Waals surface area contributed by atoms with Gasteiger partial charge in [0.15, 0.2) is 12.4 Å². The van der Waals surface area contributed by atoms with E-state index in [1.807, 2.05) is 0 Å². The summed E-state index contributed by atoms with van der Waals surface area (Å²) in [6.45, 7) is -0.00124. The van der Waals surface area contributed by atoms with E-state index < -0.39 is 21.7 Å². The highest BCUT2D eigenvalue weighted by Gasteiger charge is 2.16. The van der Waals surface area contributed by atoms with Gasteiger partial charge in [-0.05, 0) is 11.0 Å². The number of non-ortho nitro benzene ring substituents is 1. The van der Waals surface area contributed by atoms with Gasteiger partial charge in [-0.15, -0.1) is 0 Å². The largest absolute Gasteiger partial charge is 0.496 e. The van der Waals surface area contributed by atoms with Crippen molar-refractivity contribution in [1.29, 1.82) is 0 Å². The van der Waals surface area contributed by atoms with Gasteiger partial charge in [-0.3, -0.25) is 14.9 Å². The molecule has 1 aromatic carbocycles. The summed E-state index contributed by atoms with van der Waals surface area (Å²) in [6, 6.07) is 5.25. The third kappa shape index (κ3) is 4.06. The summed E-state index contributed by atoms with van der Waals surface area (Å²) >= 11 is 0. The number of amides is 1. The van der Waals surface area contributed by atoms with E-state index in [1.165, 1.54) is 46.9 Å². The minimum atomic E-state index is -0.730. The minimum absolute atomic E-state index is 0.00124. The van der Waals surface area contributed by atoms with E-state index in [-0.39, 0.29) is 29.5 Å². The van der Waals surface area contributed by atoms with Crippen LogP contribution in [-0.2, 0) is 6.67 Å². The van der Waals surface area contributed by atoms with E-state index in [0.29, 0.717) is 0 Å². The van der Waals surface area contributed by atoms with Gasteiger partial charge in [-0.25, -0.2) is 4.68 Å². The van der Waals surface area contributed by atoms with Gasteiger partial charge in [-0.1, -0.05) is 4.98 Å². The molecule has 0 bridgehead atoms. The number of methoxy groups -OCH3 is 1. The van der Waals surface area contributed by atoms with Crippen LogP contribution in [0.15, 0.2) is 36.8 Å². The Kier molecular flexibility index (Phi) is 4.93. The third-order valence-corrected chi connectivity index (χ3v) is 3.45. The summed E-state index contributed by atoms with van der Waals surface area (Å²) in [6.07, 6.45) is 2.63. The summed E-state index contributed by atoms with van der Waals surface area (Å²) in [5, 5.41) is 31.7. The molecule has 0 atom stereocenters. The molecule has 14 heteroatoms. The average Bonchev–Trinajstić information content (AvgIpc) is 3.31. The Hall–Kier alpha value is -4.36. The number of carbonyl (C=O) groups is 1. The maximum absolute atomic E-state index is 12.3.